The van der Waals surface area contributed by atoms with E-state index in [0.29, 0.717) is 5.52 Å². The average Bonchev–Trinajstić information content (AvgIpc) is 2.76. The molecule has 2 aromatic carbocycles. The third kappa shape index (κ3) is 2.14. The molecule has 1 heterocycles. The van der Waals surface area contributed by atoms with Crippen LogP contribution in [-0.2, 0) is 7.05 Å². The van der Waals surface area contributed by atoms with E-state index >= 15 is 0 Å². The monoisotopic (exact) mass is 366 g/mol. The van der Waals surface area contributed by atoms with Gasteiger partial charge in [0.25, 0.3) is 0 Å². The lowest BCUT2D eigenvalue weighted by Crippen LogP contribution is -1.87. The van der Waals surface area contributed by atoms with E-state index in [4.69, 9.17) is 0 Å². The first-order valence-electron chi connectivity index (χ1n) is 5.94. The zero-order valence-corrected chi connectivity index (χ0v) is 12.8. The van der Waals surface area contributed by atoms with E-state index in [9.17, 15) is 4.39 Å². The van der Waals surface area contributed by atoms with Gasteiger partial charge in [-0.25, -0.2) is 4.39 Å². The van der Waals surface area contributed by atoms with Crippen LogP contribution < -0.4 is 0 Å². The number of rotatable bonds is 1. The fourth-order valence-corrected chi connectivity index (χ4v) is 2.59. The Bertz CT molecular complexity index is 777. The first kappa shape index (κ1) is 12.6. The zero-order chi connectivity index (χ0) is 13.6. The summed E-state index contributed by atoms with van der Waals surface area (Å²) in [5.74, 6) is -0.276. The van der Waals surface area contributed by atoms with Gasteiger partial charge in [0.15, 0.2) is 5.82 Å². The molecule has 0 radical (unpaired) electrons. The molecule has 3 aromatic rings. The summed E-state index contributed by atoms with van der Waals surface area (Å²) >= 11 is 2.31. The Hall–Kier alpha value is -1.43. The lowest BCUT2D eigenvalue weighted by molar-refractivity contribution is 0.632. The van der Waals surface area contributed by atoms with Gasteiger partial charge in [0.2, 0.25) is 0 Å². The molecule has 0 aliphatic carbocycles. The molecule has 0 fully saturated rings. The van der Waals surface area contributed by atoms with Gasteiger partial charge in [0.1, 0.15) is 5.52 Å². The third-order valence-corrected chi connectivity index (χ3v) is 4.42. The summed E-state index contributed by atoms with van der Waals surface area (Å²) in [6.45, 7) is 2.08. The molecular formula is C15H12FIN2. The van der Waals surface area contributed by atoms with E-state index in [2.05, 4.69) is 52.8 Å². The Morgan fingerprint density at radius 2 is 2.00 bits per heavy atom. The maximum absolute atomic E-state index is 13.8. The summed E-state index contributed by atoms with van der Waals surface area (Å²) in [6.07, 6.45) is 1.86. The van der Waals surface area contributed by atoms with Crippen LogP contribution in [0.3, 0.4) is 0 Å². The smallest absolute Gasteiger partial charge is 0.151 e. The lowest BCUT2D eigenvalue weighted by atomic mass is 10.0. The Morgan fingerprint density at radius 3 is 2.74 bits per heavy atom. The minimum atomic E-state index is -0.276. The van der Waals surface area contributed by atoms with E-state index < -0.39 is 0 Å². The lowest BCUT2D eigenvalue weighted by Gasteiger charge is -2.06. The molecule has 0 N–H and O–H groups in total. The number of nitrogens with zero attached hydrogens (tertiary/aromatic N) is 2. The second-order valence-electron chi connectivity index (χ2n) is 4.62. The Kier molecular flexibility index (Phi) is 3.05. The van der Waals surface area contributed by atoms with Gasteiger partial charge in [0.05, 0.1) is 0 Å². The molecule has 96 valence electrons. The van der Waals surface area contributed by atoms with Gasteiger partial charge >= 0.3 is 0 Å². The minimum absolute atomic E-state index is 0.276. The number of hydrogen-bond acceptors (Lipinski definition) is 1. The van der Waals surface area contributed by atoms with Crippen molar-refractivity contribution in [3.05, 3.63) is 51.5 Å². The molecule has 2 nitrogen and oxygen atoms in total. The van der Waals surface area contributed by atoms with Crippen molar-refractivity contribution in [1.29, 1.82) is 0 Å². The third-order valence-electron chi connectivity index (χ3n) is 3.21. The number of fused-ring (bicyclic) bond motifs is 1. The predicted molar refractivity (Wildman–Crippen MR) is 83.6 cm³/mol. The van der Waals surface area contributed by atoms with Crippen molar-refractivity contribution in [1.82, 2.24) is 9.78 Å². The van der Waals surface area contributed by atoms with Crippen molar-refractivity contribution in [3.8, 4) is 11.1 Å². The van der Waals surface area contributed by atoms with Crippen LogP contribution in [0.15, 0.2) is 36.5 Å². The fourth-order valence-electron chi connectivity index (χ4n) is 2.25. The maximum atomic E-state index is 13.8. The highest BCUT2D eigenvalue weighted by Gasteiger charge is 2.11. The topological polar surface area (TPSA) is 17.8 Å². The SMILES string of the molecule is Cc1cc(-c2ccc(F)c3nn(C)cc23)ccc1I. The number of benzene rings is 2. The Morgan fingerprint density at radius 1 is 1.21 bits per heavy atom. The molecule has 0 atom stereocenters. The van der Waals surface area contributed by atoms with Gasteiger partial charge < -0.3 is 0 Å². The van der Waals surface area contributed by atoms with Gasteiger partial charge in [0, 0.05) is 22.2 Å². The summed E-state index contributed by atoms with van der Waals surface area (Å²) in [7, 11) is 1.81. The van der Waals surface area contributed by atoms with Crippen LogP contribution in [0, 0.1) is 16.3 Å². The van der Waals surface area contributed by atoms with Crippen molar-refractivity contribution in [3.63, 3.8) is 0 Å². The van der Waals surface area contributed by atoms with Gasteiger partial charge in [-0.3, -0.25) is 4.68 Å². The van der Waals surface area contributed by atoms with E-state index in [1.54, 1.807) is 4.68 Å². The van der Waals surface area contributed by atoms with Gasteiger partial charge in [-0.15, -0.1) is 0 Å². The number of hydrogen-bond donors (Lipinski definition) is 0. The van der Waals surface area contributed by atoms with Crippen molar-refractivity contribution in [2.45, 2.75) is 6.92 Å². The molecule has 0 aliphatic heterocycles. The average molecular weight is 366 g/mol. The van der Waals surface area contributed by atoms with Crippen LogP contribution in [-0.4, -0.2) is 9.78 Å². The van der Waals surface area contributed by atoms with Crippen LogP contribution in [0.5, 0.6) is 0 Å². The second kappa shape index (κ2) is 4.59. The van der Waals surface area contributed by atoms with Crippen LogP contribution in [0.25, 0.3) is 22.0 Å². The van der Waals surface area contributed by atoms with Crippen LogP contribution >= 0.6 is 22.6 Å². The highest BCUT2D eigenvalue weighted by atomic mass is 127. The van der Waals surface area contributed by atoms with Crippen LogP contribution in [0.4, 0.5) is 4.39 Å². The largest absolute Gasteiger partial charge is 0.274 e. The maximum Gasteiger partial charge on any atom is 0.151 e. The van der Waals surface area contributed by atoms with Crippen molar-refractivity contribution < 1.29 is 4.39 Å². The van der Waals surface area contributed by atoms with Crippen molar-refractivity contribution >= 4 is 33.5 Å². The molecule has 0 aliphatic rings. The summed E-state index contributed by atoms with van der Waals surface area (Å²) in [5.41, 5.74) is 3.76. The normalized spacial score (nSPS) is 11.2. The molecule has 19 heavy (non-hydrogen) atoms. The summed E-state index contributed by atoms with van der Waals surface area (Å²) in [5, 5.41) is 5.03. The highest BCUT2D eigenvalue weighted by molar-refractivity contribution is 14.1. The van der Waals surface area contributed by atoms with Crippen molar-refractivity contribution in [2.75, 3.05) is 0 Å². The number of aryl methyl sites for hydroxylation is 2. The summed E-state index contributed by atoms with van der Waals surface area (Å²) in [4.78, 5) is 0. The van der Waals surface area contributed by atoms with Crippen LogP contribution in [0.1, 0.15) is 5.56 Å². The Balaban J connectivity index is 2.30. The van der Waals surface area contributed by atoms with Gasteiger partial charge in [-0.2, -0.15) is 5.10 Å². The van der Waals surface area contributed by atoms with Crippen LogP contribution in [0.2, 0.25) is 0 Å². The number of aromatic nitrogens is 2. The predicted octanol–water partition coefficient (Wildman–Crippen LogP) is 4.29. The van der Waals surface area contributed by atoms with E-state index in [1.165, 1.54) is 15.2 Å². The Labute approximate surface area is 124 Å². The highest BCUT2D eigenvalue weighted by Crippen LogP contribution is 2.30. The molecule has 3 rings (SSSR count). The molecule has 0 saturated carbocycles. The molecule has 0 spiro atoms. The van der Waals surface area contributed by atoms with E-state index in [0.717, 1.165) is 16.5 Å². The quantitative estimate of drug-likeness (QED) is 0.588. The molecule has 0 unspecified atom stereocenters. The fraction of sp³-hybridized carbons (Fsp3) is 0.133. The van der Waals surface area contributed by atoms with Gasteiger partial charge in [-0.1, -0.05) is 18.2 Å². The minimum Gasteiger partial charge on any atom is -0.274 e. The molecule has 4 heteroatoms. The molecule has 1 aromatic heterocycles. The summed E-state index contributed by atoms with van der Waals surface area (Å²) < 4.78 is 16.6. The van der Waals surface area contributed by atoms with E-state index in [1.807, 2.05) is 19.3 Å². The molecule has 0 saturated heterocycles. The summed E-state index contributed by atoms with van der Waals surface area (Å²) in [6, 6.07) is 9.58. The second-order valence-corrected chi connectivity index (χ2v) is 5.79. The first-order chi connectivity index (χ1) is 9.06. The molecular weight excluding hydrogens is 354 g/mol. The first-order valence-corrected chi connectivity index (χ1v) is 7.02. The van der Waals surface area contributed by atoms with E-state index in [-0.39, 0.29) is 5.82 Å². The van der Waals surface area contributed by atoms with Gasteiger partial charge in [-0.05, 0) is 58.3 Å². The standard InChI is InChI=1S/C15H12FIN2/c1-9-7-10(3-6-14(9)17)11-4-5-13(16)15-12(11)8-19(2)18-15/h3-8H,1-2H3. The zero-order valence-electron chi connectivity index (χ0n) is 10.6. The number of halogens is 2. The van der Waals surface area contributed by atoms with Crippen molar-refractivity contribution in [2.24, 2.45) is 7.05 Å². The molecule has 0 amide bonds. The molecule has 0 bridgehead atoms.